The molecule has 0 aromatic carbocycles. The van der Waals surface area contributed by atoms with E-state index < -0.39 is 0 Å². The molecule has 0 aliphatic rings. The highest BCUT2D eigenvalue weighted by Crippen LogP contribution is 2.12. The van der Waals surface area contributed by atoms with Crippen LogP contribution in [0.5, 0.6) is 0 Å². The number of aromatic nitrogens is 2. The van der Waals surface area contributed by atoms with Gasteiger partial charge >= 0.3 is 0 Å². The molecule has 0 atom stereocenters. The summed E-state index contributed by atoms with van der Waals surface area (Å²) in [6.45, 7) is 1.72. The highest BCUT2D eigenvalue weighted by molar-refractivity contribution is 6.29. The molecule has 1 aromatic rings. The van der Waals surface area contributed by atoms with Gasteiger partial charge in [-0.15, -0.1) is 11.6 Å². The van der Waals surface area contributed by atoms with Crippen molar-refractivity contribution in [1.29, 1.82) is 0 Å². The van der Waals surface area contributed by atoms with Crippen LogP contribution in [0.25, 0.3) is 0 Å². The average molecular weight is 220 g/mol. The minimum absolute atomic E-state index is 0.0952. The molecule has 0 aliphatic carbocycles. The number of halogens is 2. The molecule has 0 radical (unpaired) electrons. The molecule has 0 fully saturated rings. The van der Waals surface area contributed by atoms with E-state index in [2.05, 4.69) is 15.3 Å². The van der Waals surface area contributed by atoms with Crippen molar-refractivity contribution in [2.45, 2.75) is 6.92 Å². The van der Waals surface area contributed by atoms with Gasteiger partial charge in [0.1, 0.15) is 5.88 Å². The van der Waals surface area contributed by atoms with Gasteiger partial charge in [0.25, 0.3) is 0 Å². The molecule has 1 aromatic heterocycles. The van der Waals surface area contributed by atoms with Crippen LogP contribution in [-0.4, -0.2) is 21.8 Å². The highest BCUT2D eigenvalue weighted by atomic mass is 35.5. The number of anilines is 1. The Morgan fingerprint density at radius 2 is 2.38 bits per heavy atom. The van der Waals surface area contributed by atoms with Gasteiger partial charge in [0.05, 0.1) is 17.6 Å². The second-order valence-electron chi connectivity index (χ2n) is 2.32. The topological polar surface area (TPSA) is 54.9 Å². The second-order valence-corrected chi connectivity index (χ2v) is 2.93. The molecule has 0 spiro atoms. The summed E-state index contributed by atoms with van der Waals surface area (Å²) in [6, 6.07) is 0. The van der Waals surface area contributed by atoms with Gasteiger partial charge in [0.15, 0.2) is 0 Å². The normalized spacial score (nSPS) is 9.77. The van der Waals surface area contributed by atoms with E-state index in [4.69, 9.17) is 23.2 Å². The van der Waals surface area contributed by atoms with E-state index in [-0.39, 0.29) is 17.1 Å². The smallest absolute Gasteiger partial charge is 0.239 e. The van der Waals surface area contributed by atoms with Crippen LogP contribution in [0.4, 0.5) is 5.69 Å². The summed E-state index contributed by atoms with van der Waals surface area (Å²) in [6.07, 6.45) is 1.44. The molecular formula is C7H7Cl2N3O. The molecule has 1 amide bonds. The predicted octanol–water partition coefficient (Wildman–Crippen LogP) is 1.62. The predicted molar refractivity (Wildman–Crippen MR) is 51.1 cm³/mol. The Kier molecular flexibility index (Phi) is 3.45. The Morgan fingerprint density at radius 1 is 1.69 bits per heavy atom. The summed E-state index contributed by atoms with van der Waals surface area (Å²) < 4.78 is 0. The number of carbonyl (C=O) groups is 1. The summed E-state index contributed by atoms with van der Waals surface area (Å²) in [5, 5.41) is 2.69. The van der Waals surface area contributed by atoms with Crippen molar-refractivity contribution in [2.75, 3.05) is 11.2 Å². The van der Waals surface area contributed by atoms with Gasteiger partial charge in [-0.1, -0.05) is 0 Å². The number of carbonyl (C=O) groups excluding carboxylic acids is 1. The summed E-state index contributed by atoms with van der Waals surface area (Å²) in [5.74, 6) is -0.391. The van der Waals surface area contributed by atoms with E-state index in [0.717, 1.165) is 0 Å². The molecular weight excluding hydrogens is 213 g/mol. The van der Waals surface area contributed by atoms with E-state index in [9.17, 15) is 4.79 Å². The highest BCUT2D eigenvalue weighted by Gasteiger charge is 2.04. The van der Waals surface area contributed by atoms with Crippen LogP contribution in [0.3, 0.4) is 0 Å². The Morgan fingerprint density at radius 3 is 2.92 bits per heavy atom. The monoisotopic (exact) mass is 219 g/mol. The molecule has 0 unspecified atom stereocenters. The Bertz CT molecular complexity index is 330. The van der Waals surface area contributed by atoms with Gasteiger partial charge in [-0.25, -0.2) is 9.97 Å². The van der Waals surface area contributed by atoms with Crippen LogP contribution < -0.4 is 5.32 Å². The average Bonchev–Trinajstić information content (AvgIpc) is 2.09. The molecule has 6 heteroatoms. The van der Waals surface area contributed by atoms with E-state index in [1.54, 1.807) is 6.92 Å². The van der Waals surface area contributed by atoms with Crippen LogP contribution in [-0.2, 0) is 4.79 Å². The molecule has 1 rings (SSSR count). The van der Waals surface area contributed by atoms with Gasteiger partial charge in [-0.3, -0.25) is 4.79 Å². The molecule has 1 heterocycles. The van der Waals surface area contributed by atoms with Gasteiger partial charge < -0.3 is 5.32 Å². The largest absolute Gasteiger partial charge is 0.322 e. The molecule has 0 bridgehead atoms. The van der Waals surface area contributed by atoms with Crippen LogP contribution in [0.2, 0.25) is 5.28 Å². The van der Waals surface area contributed by atoms with Gasteiger partial charge in [0, 0.05) is 0 Å². The van der Waals surface area contributed by atoms with E-state index in [1.165, 1.54) is 6.20 Å². The first-order valence-corrected chi connectivity index (χ1v) is 4.39. The fourth-order valence-electron chi connectivity index (χ4n) is 0.745. The first-order chi connectivity index (χ1) is 6.13. The van der Waals surface area contributed by atoms with E-state index in [0.29, 0.717) is 11.4 Å². The maximum atomic E-state index is 10.9. The van der Waals surface area contributed by atoms with Gasteiger partial charge in [-0.05, 0) is 18.5 Å². The third-order valence-electron chi connectivity index (χ3n) is 1.35. The van der Waals surface area contributed by atoms with E-state index >= 15 is 0 Å². The molecule has 4 nitrogen and oxygen atoms in total. The Hall–Kier alpha value is -0.870. The van der Waals surface area contributed by atoms with Crippen molar-refractivity contribution < 1.29 is 4.79 Å². The second kappa shape index (κ2) is 4.39. The zero-order valence-electron chi connectivity index (χ0n) is 6.84. The van der Waals surface area contributed by atoms with Gasteiger partial charge in [-0.2, -0.15) is 0 Å². The lowest BCUT2D eigenvalue weighted by molar-refractivity contribution is -0.113. The maximum absolute atomic E-state index is 10.9. The van der Waals surface area contributed by atoms with Crippen LogP contribution in [0.1, 0.15) is 5.69 Å². The first kappa shape index (κ1) is 10.2. The third kappa shape index (κ3) is 2.82. The Balaban J connectivity index is 2.83. The van der Waals surface area contributed by atoms with Crippen LogP contribution >= 0.6 is 23.2 Å². The van der Waals surface area contributed by atoms with Crippen molar-refractivity contribution >= 4 is 34.8 Å². The molecule has 1 N–H and O–H groups in total. The number of amides is 1. The maximum Gasteiger partial charge on any atom is 0.239 e. The van der Waals surface area contributed by atoms with Crippen molar-refractivity contribution in [3.05, 3.63) is 17.2 Å². The number of nitrogens with zero attached hydrogens (tertiary/aromatic N) is 2. The standard InChI is InChI=1S/C7H7Cl2N3O/c1-4-5(12-6(13)2-8)3-10-7(9)11-4/h3H,2H2,1H3,(H,12,13). The van der Waals surface area contributed by atoms with Crippen molar-refractivity contribution in [3.8, 4) is 0 Å². The number of alkyl halides is 1. The SMILES string of the molecule is Cc1nc(Cl)ncc1NC(=O)CCl. The molecule has 13 heavy (non-hydrogen) atoms. The summed E-state index contributed by atoms with van der Waals surface area (Å²) in [4.78, 5) is 18.5. The minimum atomic E-state index is -0.296. The number of hydrogen-bond donors (Lipinski definition) is 1. The lowest BCUT2D eigenvalue weighted by Crippen LogP contribution is -2.14. The first-order valence-electron chi connectivity index (χ1n) is 3.48. The number of aryl methyl sites for hydroxylation is 1. The van der Waals surface area contributed by atoms with Crippen molar-refractivity contribution in [2.24, 2.45) is 0 Å². The van der Waals surface area contributed by atoms with Crippen LogP contribution in [0.15, 0.2) is 6.20 Å². The number of nitrogens with one attached hydrogen (secondary N) is 1. The molecule has 70 valence electrons. The van der Waals surface area contributed by atoms with Crippen LogP contribution in [0, 0.1) is 6.92 Å². The number of rotatable bonds is 2. The molecule has 0 saturated heterocycles. The fourth-order valence-corrected chi connectivity index (χ4v) is 0.987. The number of hydrogen-bond acceptors (Lipinski definition) is 3. The van der Waals surface area contributed by atoms with Gasteiger partial charge in [0.2, 0.25) is 11.2 Å². The quantitative estimate of drug-likeness (QED) is 0.608. The lowest BCUT2D eigenvalue weighted by atomic mass is 10.4. The minimum Gasteiger partial charge on any atom is -0.322 e. The zero-order chi connectivity index (χ0) is 9.84. The van der Waals surface area contributed by atoms with Crippen molar-refractivity contribution in [3.63, 3.8) is 0 Å². The Labute approximate surface area is 85.3 Å². The third-order valence-corrected chi connectivity index (χ3v) is 1.77. The summed E-state index contributed by atoms with van der Waals surface area (Å²) >= 11 is 10.8. The molecule has 0 aliphatic heterocycles. The molecule has 0 saturated carbocycles. The summed E-state index contributed by atoms with van der Waals surface area (Å²) in [7, 11) is 0. The van der Waals surface area contributed by atoms with E-state index in [1.807, 2.05) is 0 Å². The fraction of sp³-hybridized carbons (Fsp3) is 0.286. The summed E-state index contributed by atoms with van der Waals surface area (Å²) in [5.41, 5.74) is 1.13. The zero-order valence-corrected chi connectivity index (χ0v) is 8.35. The van der Waals surface area contributed by atoms with Crippen molar-refractivity contribution in [1.82, 2.24) is 9.97 Å². The lowest BCUT2D eigenvalue weighted by Gasteiger charge is -2.04.